The first kappa shape index (κ1) is 9.45. The minimum atomic E-state index is -0.380. The van der Waals surface area contributed by atoms with Crippen molar-refractivity contribution in [2.75, 3.05) is 0 Å². The van der Waals surface area contributed by atoms with Gasteiger partial charge < -0.3 is 5.73 Å². The van der Waals surface area contributed by atoms with Crippen LogP contribution in [0.2, 0.25) is 0 Å². The molecule has 2 rings (SSSR count). The average Bonchev–Trinajstić information content (AvgIpc) is 2.73. The third-order valence-corrected chi connectivity index (χ3v) is 3.02. The highest BCUT2D eigenvalue weighted by molar-refractivity contribution is 5.07. The zero-order valence-corrected chi connectivity index (χ0v) is 8.42. The van der Waals surface area contributed by atoms with Gasteiger partial charge >= 0.3 is 5.69 Å². The molecule has 0 bridgehead atoms. The quantitative estimate of drug-likeness (QED) is 0.715. The SMILES string of the molecule is CCn1c(C2(N)CCCC2)n[nH]c1=O. The number of hydrogen-bond acceptors (Lipinski definition) is 3. The van der Waals surface area contributed by atoms with E-state index >= 15 is 0 Å². The first-order valence-corrected chi connectivity index (χ1v) is 5.12. The van der Waals surface area contributed by atoms with Gasteiger partial charge in [-0.2, -0.15) is 5.10 Å². The molecule has 0 aromatic carbocycles. The molecule has 5 heteroatoms. The molecule has 1 heterocycles. The molecular weight excluding hydrogens is 180 g/mol. The number of nitrogens with one attached hydrogen (secondary N) is 1. The van der Waals surface area contributed by atoms with Crippen molar-refractivity contribution < 1.29 is 0 Å². The Morgan fingerprint density at radius 3 is 2.79 bits per heavy atom. The van der Waals surface area contributed by atoms with E-state index in [0.29, 0.717) is 6.54 Å². The van der Waals surface area contributed by atoms with Crippen molar-refractivity contribution in [1.29, 1.82) is 0 Å². The molecule has 0 amide bonds. The first-order chi connectivity index (χ1) is 6.67. The van der Waals surface area contributed by atoms with Gasteiger partial charge in [0.05, 0.1) is 5.54 Å². The fraction of sp³-hybridized carbons (Fsp3) is 0.778. The van der Waals surface area contributed by atoms with E-state index in [-0.39, 0.29) is 11.2 Å². The fourth-order valence-corrected chi connectivity index (χ4v) is 2.22. The van der Waals surface area contributed by atoms with E-state index in [1.807, 2.05) is 6.92 Å². The fourth-order valence-electron chi connectivity index (χ4n) is 2.22. The van der Waals surface area contributed by atoms with Crippen molar-refractivity contribution in [2.24, 2.45) is 5.73 Å². The van der Waals surface area contributed by atoms with Gasteiger partial charge in [0.1, 0.15) is 0 Å². The van der Waals surface area contributed by atoms with Crippen molar-refractivity contribution in [2.45, 2.75) is 44.7 Å². The Labute approximate surface area is 82.3 Å². The first-order valence-electron chi connectivity index (χ1n) is 5.12. The molecule has 1 aliphatic rings. The van der Waals surface area contributed by atoms with Gasteiger partial charge in [-0.15, -0.1) is 0 Å². The van der Waals surface area contributed by atoms with Gasteiger partial charge in [0.15, 0.2) is 5.82 Å². The lowest BCUT2D eigenvalue weighted by Crippen LogP contribution is -2.37. The van der Waals surface area contributed by atoms with Gasteiger partial charge in [-0.1, -0.05) is 12.8 Å². The summed E-state index contributed by atoms with van der Waals surface area (Å²) in [4.78, 5) is 11.4. The van der Waals surface area contributed by atoms with Gasteiger partial charge in [0.25, 0.3) is 0 Å². The van der Waals surface area contributed by atoms with Crippen LogP contribution in [0.5, 0.6) is 0 Å². The third kappa shape index (κ3) is 1.28. The maximum atomic E-state index is 11.4. The van der Waals surface area contributed by atoms with Gasteiger partial charge in [-0.25, -0.2) is 9.89 Å². The number of aromatic nitrogens is 3. The lowest BCUT2D eigenvalue weighted by atomic mass is 9.98. The van der Waals surface area contributed by atoms with Crippen LogP contribution in [0.4, 0.5) is 0 Å². The van der Waals surface area contributed by atoms with E-state index in [2.05, 4.69) is 10.2 Å². The van der Waals surface area contributed by atoms with E-state index < -0.39 is 0 Å². The molecule has 0 spiro atoms. The number of H-pyrrole nitrogens is 1. The highest BCUT2D eigenvalue weighted by atomic mass is 16.1. The van der Waals surface area contributed by atoms with Crippen LogP contribution in [-0.2, 0) is 12.1 Å². The lowest BCUT2D eigenvalue weighted by molar-refractivity contribution is 0.407. The van der Waals surface area contributed by atoms with Crippen molar-refractivity contribution in [3.05, 3.63) is 16.3 Å². The molecule has 1 aromatic heterocycles. The summed E-state index contributed by atoms with van der Waals surface area (Å²) in [5.74, 6) is 0.725. The topological polar surface area (TPSA) is 76.7 Å². The second kappa shape index (κ2) is 3.24. The predicted octanol–water partition coefficient (Wildman–Crippen LogP) is 0.319. The maximum Gasteiger partial charge on any atom is 0.343 e. The average molecular weight is 196 g/mol. The van der Waals surface area contributed by atoms with Crippen molar-refractivity contribution in [3.8, 4) is 0 Å². The minimum Gasteiger partial charge on any atom is -0.319 e. The van der Waals surface area contributed by atoms with Crippen LogP contribution in [-0.4, -0.2) is 14.8 Å². The maximum absolute atomic E-state index is 11.4. The molecule has 1 saturated carbocycles. The number of aromatic amines is 1. The Kier molecular flexibility index (Phi) is 2.19. The number of nitrogens with zero attached hydrogens (tertiary/aromatic N) is 2. The van der Waals surface area contributed by atoms with Crippen LogP contribution < -0.4 is 11.4 Å². The lowest BCUT2D eigenvalue weighted by Gasteiger charge is -2.22. The molecule has 14 heavy (non-hydrogen) atoms. The molecule has 0 saturated heterocycles. The van der Waals surface area contributed by atoms with Gasteiger partial charge in [0.2, 0.25) is 0 Å². The molecule has 0 radical (unpaired) electrons. The molecule has 0 unspecified atom stereocenters. The summed E-state index contributed by atoms with van der Waals surface area (Å²) in [6.45, 7) is 2.56. The van der Waals surface area contributed by atoms with Crippen LogP contribution in [0.3, 0.4) is 0 Å². The smallest absolute Gasteiger partial charge is 0.319 e. The Morgan fingerprint density at radius 2 is 2.21 bits per heavy atom. The van der Waals surface area contributed by atoms with Crippen LogP contribution in [0.15, 0.2) is 4.79 Å². The Bertz CT molecular complexity index is 372. The molecule has 3 N–H and O–H groups in total. The number of hydrogen-bond donors (Lipinski definition) is 2. The normalized spacial score (nSPS) is 20.1. The van der Waals surface area contributed by atoms with Crippen molar-refractivity contribution in [1.82, 2.24) is 14.8 Å². The monoisotopic (exact) mass is 196 g/mol. The molecule has 5 nitrogen and oxygen atoms in total. The zero-order valence-electron chi connectivity index (χ0n) is 8.42. The summed E-state index contributed by atoms with van der Waals surface area (Å²) in [6.07, 6.45) is 4.11. The summed E-state index contributed by atoms with van der Waals surface area (Å²) in [5, 5.41) is 6.51. The van der Waals surface area contributed by atoms with E-state index in [1.165, 1.54) is 0 Å². The van der Waals surface area contributed by atoms with Crippen LogP contribution in [0.1, 0.15) is 38.4 Å². The number of nitrogens with two attached hydrogens (primary N) is 1. The number of rotatable bonds is 2. The van der Waals surface area contributed by atoms with Crippen molar-refractivity contribution >= 4 is 0 Å². The van der Waals surface area contributed by atoms with Crippen molar-refractivity contribution in [3.63, 3.8) is 0 Å². The molecule has 1 aliphatic carbocycles. The second-order valence-electron chi connectivity index (χ2n) is 3.96. The standard InChI is InChI=1S/C9H16N4O/c1-2-13-7(11-12-8(13)14)9(10)5-3-4-6-9/h2-6,10H2,1H3,(H,12,14). The summed E-state index contributed by atoms with van der Waals surface area (Å²) in [7, 11) is 0. The second-order valence-corrected chi connectivity index (χ2v) is 3.96. The third-order valence-electron chi connectivity index (χ3n) is 3.02. The van der Waals surface area contributed by atoms with Gasteiger partial charge in [0, 0.05) is 6.54 Å². The van der Waals surface area contributed by atoms with E-state index in [9.17, 15) is 4.79 Å². The molecule has 1 aromatic rings. The highest BCUT2D eigenvalue weighted by Gasteiger charge is 2.36. The van der Waals surface area contributed by atoms with E-state index in [4.69, 9.17) is 5.73 Å². The van der Waals surface area contributed by atoms with Crippen LogP contribution in [0, 0.1) is 0 Å². The largest absolute Gasteiger partial charge is 0.343 e. The highest BCUT2D eigenvalue weighted by Crippen LogP contribution is 2.34. The predicted molar refractivity (Wildman–Crippen MR) is 52.9 cm³/mol. The molecule has 1 fully saturated rings. The Balaban J connectivity index is 2.44. The minimum absolute atomic E-state index is 0.153. The molecule has 78 valence electrons. The summed E-state index contributed by atoms with van der Waals surface area (Å²) < 4.78 is 1.63. The van der Waals surface area contributed by atoms with Gasteiger partial charge in [-0.3, -0.25) is 4.57 Å². The van der Waals surface area contributed by atoms with E-state index in [0.717, 1.165) is 31.5 Å². The summed E-state index contributed by atoms with van der Waals surface area (Å²) in [5.41, 5.74) is 5.69. The molecule has 0 aliphatic heterocycles. The Hall–Kier alpha value is -1.10. The summed E-state index contributed by atoms with van der Waals surface area (Å²) >= 11 is 0. The zero-order chi connectivity index (χ0) is 10.2. The Morgan fingerprint density at radius 1 is 1.57 bits per heavy atom. The molecule has 0 atom stereocenters. The van der Waals surface area contributed by atoms with Gasteiger partial charge in [-0.05, 0) is 19.8 Å². The molecular formula is C9H16N4O. The summed E-state index contributed by atoms with van der Waals surface area (Å²) in [6, 6.07) is 0. The van der Waals surface area contributed by atoms with Crippen LogP contribution >= 0.6 is 0 Å². The van der Waals surface area contributed by atoms with Crippen LogP contribution in [0.25, 0.3) is 0 Å². The van der Waals surface area contributed by atoms with E-state index in [1.54, 1.807) is 4.57 Å².